The predicted octanol–water partition coefficient (Wildman–Crippen LogP) is 4.58. The fourth-order valence-corrected chi connectivity index (χ4v) is 7.44. The molecule has 2 aromatic heterocycles. The van der Waals surface area contributed by atoms with Crippen molar-refractivity contribution in [3.8, 4) is 5.88 Å². The molecule has 0 amide bonds. The lowest BCUT2D eigenvalue weighted by atomic mass is 9.90. The zero-order valence-electron chi connectivity index (χ0n) is 19.2. The number of anilines is 2. The van der Waals surface area contributed by atoms with Gasteiger partial charge in [0.05, 0.1) is 30.1 Å². The first-order valence-electron chi connectivity index (χ1n) is 11.0. The third kappa shape index (κ3) is 3.76. The molecule has 1 saturated heterocycles. The SMILES string of the molecule is COc1cnc2c(Nc3ccc(F)c([C@]4(C)CS(O)(O)[C@@](CF)(C5CC5)C(=N)N4)c3)nccc2n1. The summed E-state index contributed by atoms with van der Waals surface area (Å²) in [6, 6.07) is 5.97. The quantitative estimate of drug-likeness (QED) is 0.329. The minimum absolute atomic E-state index is 0.114. The molecule has 0 spiro atoms. The number of methoxy groups -OCH3 is 1. The van der Waals surface area contributed by atoms with E-state index in [1.165, 1.54) is 31.5 Å². The molecule has 12 heteroatoms. The Morgan fingerprint density at radius 2 is 2.06 bits per heavy atom. The minimum atomic E-state index is -3.59. The Balaban J connectivity index is 1.50. The average Bonchev–Trinajstić information content (AvgIpc) is 3.65. The molecule has 1 aromatic carbocycles. The third-order valence-corrected chi connectivity index (χ3v) is 9.60. The van der Waals surface area contributed by atoms with Crippen molar-refractivity contribution in [3.63, 3.8) is 0 Å². The number of amidine groups is 1. The molecule has 0 radical (unpaired) electrons. The van der Waals surface area contributed by atoms with Gasteiger partial charge in [-0.25, -0.2) is 23.7 Å². The zero-order valence-corrected chi connectivity index (χ0v) is 20.0. The number of aromatic nitrogens is 3. The van der Waals surface area contributed by atoms with Crippen LogP contribution in [0.15, 0.2) is 36.7 Å². The molecule has 2 fully saturated rings. The van der Waals surface area contributed by atoms with E-state index in [1.807, 2.05) is 0 Å². The molecule has 5 rings (SSSR count). The maximum atomic E-state index is 15.1. The highest BCUT2D eigenvalue weighted by molar-refractivity contribution is 8.26. The Bertz CT molecular complexity index is 1320. The predicted molar refractivity (Wildman–Crippen MR) is 131 cm³/mol. The molecular weight excluding hydrogens is 478 g/mol. The van der Waals surface area contributed by atoms with Crippen LogP contribution in [0.4, 0.5) is 20.3 Å². The van der Waals surface area contributed by atoms with Gasteiger partial charge in [0.2, 0.25) is 5.88 Å². The Hall–Kier alpha value is -3.09. The van der Waals surface area contributed by atoms with E-state index in [0.717, 1.165) is 0 Å². The summed E-state index contributed by atoms with van der Waals surface area (Å²) in [5.41, 5.74) is 0.271. The van der Waals surface area contributed by atoms with Crippen LogP contribution in [-0.2, 0) is 5.54 Å². The molecule has 9 nitrogen and oxygen atoms in total. The van der Waals surface area contributed by atoms with E-state index in [4.69, 9.17) is 10.1 Å². The average molecular weight is 505 g/mol. The van der Waals surface area contributed by atoms with Crippen LogP contribution in [-0.4, -0.2) is 54.2 Å². The number of hydrogen-bond acceptors (Lipinski definition) is 8. The highest BCUT2D eigenvalue weighted by Gasteiger charge is 2.62. The van der Waals surface area contributed by atoms with E-state index in [1.54, 1.807) is 19.2 Å². The second-order valence-corrected chi connectivity index (χ2v) is 11.6. The lowest BCUT2D eigenvalue weighted by molar-refractivity contribution is 0.323. The van der Waals surface area contributed by atoms with Gasteiger partial charge >= 0.3 is 0 Å². The molecule has 2 aliphatic rings. The van der Waals surface area contributed by atoms with Crippen molar-refractivity contribution in [1.29, 1.82) is 5.41 Å². The van der Waals surface area contributed by atoms with Gasteiger partial charge in [0.1, 0.15) is 28.6 Å². The van der Waals surface area contributed by atoms with Crippen LogP contribution >= 0.6 is 10.6 Å². The van der Waals surface area contributed by atoms with Crippen molar-refractivity contribution in [2.75, 3.05) is 24.9 Å². The van der Waals surface area contributed by atoms with Crippen molar-refractivity contribution < 1.29 is 22.6 Å². The van der Waals surface area contributed by atoms with Crippen LogP contribution in [0, 0.1) is 17.1 Å². The molecule has 186 valence electrons. The topological polar surface area (TPSA) is 136 Å². The number of rotatable bonds is 6. The van der Waals surface area contributed by atoms with E-state index in [2.05, 4.69) is 25.6 Å². The Labute approximate surface area is 202 Å². The molecule has 1 saturated carbocycles. The molecular formula is C23H26F2N6O3S. The summed E-state index contributed by atoms with van der Waals surface area (Å²) in [4.78, 5) is 13.0. The van der Waals surface area contributed by atoms with E-state index >= 15 is 4.39 Å². The summed E-state index contributed by atoms with van der Waals surface area (Å²) in [5.74, 6) is -0.777. The van der Waals surface area contributed by atoms with E-state index in [9.17, 15) is 13.5 Å². The lowest BCUT2D eigenvalue weighted by Crippen LogP contribution is -2.66. The van der Waals surface area contributed by atoms with Crippen molar-refractivity contribution in [1.82, 2.24) is 20.3 Å². The molecule has 3 aromatic rings. The third-order valence-electron chi connectivity index (χ3n) is 6.80. The van der Waals surface area contributed by atoms with Crippen LogP contribution in [0.25, 0.3) is 11.0 Å². The van der Waals surface area contributed by atoms with Gasteiger partial charge in [-0.3, -0.25) is 14.5 Å². The zero-order chi connectivity index (χ0) is 25.0. The van der Waals surface area contributed by atoms with Crippen LogP contribution in [0.3, 0.4) is 0 Å². The van der Waals surface area contributed by atoms with Gasteiger partial charge in [0.25, 0.3) is 0 Å². The number of nitrogens with zero attached hydrogens (tertiary/aromatic N) is 3. The number of halogens is 2. The summed E-state index contributed by atoms with van der Waals surface area (Å²) in [7, 11) is -2.10. The van der Waals surface area contributed by atoms with Gasteiger partial charge in [-0.1, -0.05) is 0 Å². The second-order valence-electron chi connectivity index (χ2n) is 9.20. The first-order chi connectivity index (χ1) is 16.6. The number of pyridine rings is 1. The van der Waals surface area contributed by atoms with Crippen LogP contribution in [0.5, 0.6) is 5.88 Å². The summed E-state index contributed by atoms with van der Waals surface area (Å²) in [5, 5.41) is 14.6. The van der Waals surface area contributed by atoms with Crippen molar-refractivity contribution in [3.05, 3.63) is 48.0 Å². The Morgan fingerprint density at radius 1 is 1.29 bits per heavy atom. The number of fused-ring (bicyclic) bond motifs is 1. The van der Waals surface area contributed by atoms with Crippen LogP contribution < -0.4 is 15.4 Å². The van der Waals surface area contributed by atoms with Gasteiger partial charge in [0.15, 0.2) is 5.82 Å². The van der Waals surface area contributed by atoms with E-state index < -0.39 is 33.4 Å². The van der Waals surface area contributed by atoms with Gasteiger partial charge < -0.3 is 15.4 Å². The van der Waals surface area contributed by atoms with Crippen LogP contribution in [0.1, 0.15) is 25.3 Å². The van der Waals surface area contributed by atoms with Gasteiger partial charge in [-0.05, 0) is 49.9 Å². The van der Waals surface area contributed by atoms with E-state index in [0.29, 0.717) is 41.3 Å². The normalized spacial score (nSPS) is 26.7. The highest BCUT2D eigenvalue weighted by Crippen LogP contribution is 2.66. The number of benzene rings is 1. The maximum absolute atomic E-state index is 15.1. The first kappa shape index (κ1) is 23.6. The monoisotopic (exact) mass is 504 g/mol. The highest BCUT2D eigenvalue weighted by atomic mass is 32.3. The van der Waals surface area contributed by atoms with Crippen molar-refractivity contribution in [2.24, 2.45) is 5.92 Å². The molecule has 0 bridgehead atoms. The number of nitrogens with one attached hydrogen (secondary N) is 3. The minimum Gasteiger partial charge on any atom is -0.480 e. The molecule has 35 heavy (non-hydrogen) atoms. The summed E-state index contributed by atoms with van der Waals surface area (Å²) >= 11 is 0. The lowest BCUT2D eigenvalue weighted by Gasteiger charge is -2.58. The summed E-state index contributed by atoms with van der Waals surface area (Å²) < 4.78 is 54.9. The molecule has 1 aliphatic heterocycles. The van der Waals surface area contributed by atoms with Gasteiger partial charge in [-0.15, -0.1) is 0 Å². The van der Waals surface area contributed by atoms with E-state index in [-0.39, 0.29) is 23.1 Å². The summed E-state index contributed by atoms with van der Waals surface area (Å²) in [6.45, 7) is 0.533. The molecule has 5 N–H and O–H groups in total. The Kier molecular flexibility index (Phi) is 5.57. The number of alkyl halides is 1. The fraction of sp³-hybridized carbons (Fsp3) is 0.391. The van der Waals surface area contributed by atoms with Crippen molar-refractivity contribution >= 4 is 39.0 Å². The van der Waals surface area contributed by atoms with Gasteiger partial charge in [0, 0.05) is 17.4 Å². The van der Waals surface area contributed by atoms with Crippen molar-refractivity contribution in [2.45, 2.75) is 30.1 Å². The summed E-state index contributed by atoms with van der Waals surface area (Å²) in [6.07, 6.45) is 4.27. The molecule has 2 atom stereocenters. The standard InChI is InChI=1S/C23H26F2N6O3S/c1-22(12-35(32,33)23(11-24,13-3-4-13)21(26)31-22)15-9-14(5-6-16(15)25)29-20-19-17(7-8-27-20)30-18(34-2)10-28-19/h5-10,13,32-33H,3-4,11-12H2,1-2H3,(H2,26,31)(H,27,29)/t22-,23-/m0/s1. The largest absolute Gasteiger partial charge is 0.480 e. The maximum Gasteiger partial charge on any atom is 0.232 e. The second kappa shape index (κ2) is 8.25. The van der Waals surface area contributed by atoms with Gasteiger partial charge in [-0.2, -0.15) is 10.6 Å². The number of hydrogen-bond donors (Lipinski definition) is 5. The fourth-order valence-electron chi connectivity index (χ4n) is 4.82. The molecule has 3 heterocycles. The first-order valence-corrected chi connectivity index (χ1v) is 12.8. The number of ether oxygens (including phenoxy) is 1. The molecule has 1 aliphatic carbocycles. The Morgan fingerprint density at radius 3 is 2.71 bits per heavy atom. The molecule has 0 unspecified atom stereocenters. The smallest absolute Gasteiger partial charge is 0.232 e. The van der Waals surface area contributed by atoms with Crippen LogP contribution in [0.2, 0.25) is 0 Å².